The van der Waals surface area contributed by atoms with Gasteiger partial charge in [-0.2, -0.15) is 0 Å². The van der Waals surface area contributed by atoms with Crippen molar-refractivity contribution >= 4 is 5.97 Å². The van der Waals surface area contributed by atoms with Crippen molar-refractivity contribution in [1.82, 2.24) is 0 Å². The van der Waals surface area contributed by atoms with Crippen LogP contribution in [0.3, 0.4) is 0 Å². The van der Waals surface area contributed by atoms with Gasteiger partial charge in [0.25, 0.3) is 0 Å². The van der Waals surface area contributed by atoms with Gasteiger partial charge in [-0.05, 0) is 19.3 Å². The minimum Gasteiger partial charge on any atom is -0.460 e. The largest absolute Gasteiger partial charge is 0.460 e. The average Bonchev–Trinajstić information content (AvgIpc) is 2.98. The van der Waals surface area contributed by atoms with E-state index in [1.54, 1.807) is 0 Å². The topological polar surface area (TPSA) is 172 Å². The quantitative estimate of drug-likeness (QED) is 0.0628. The SMILES string of the molecule is CCCCCCCCCCCCCC[C@@H](OC(=O)CCCCCCC)[C@@H](O)[C@@H](N)CO[C@H]1OC(CO)[C@H](O)[C@H](O)C1O. The normalized spacial score (nSPS) is 24.8. The number of carbonyl (C=O) groups is 1. The number of carbonyl (C=O) groups excluding carboxylic acids is 1. The highest BCUT2D eigenvalue weighted by Crippen LogP contribution is 2.23. The van der Waals surface area contributed by atoms with Crippen LogP contribution in [-0.2, 0) is 19.0 Å². The summed E-state index contributed by atoms with van der Waals surface area (Å²) in [7, 11) is 0. The Morgan fingerprint density at radius 1 is 0.762 bits per heavy atom. The van der Waals surface area contributed by atoms with Crippen LogP contribution in [0.1, 0.15) is 136 Å². The third-order valence-corrected chi connectivity index (χ3v) is 8.23. The van der Waals surface area contributed by atoms with Crippen molar-refractivity contribution in [2.75, 3.05) is 13.2 Å². The van der Waals surface area contributed by atoms with E-state index in [-0.39, 0.29) is 12.6 Å². The van der Waals surface area contributed by atoms with E-state index in [4.69, 9.17) is 19.9 Å². The maximum absolute atomic E-state index is 12.6. The Bertz CT molecular complexity index is 653. The van der Waals surface area contributed by atoms with E-state index in [0.717, 1.165) is 51.4 Å². The molecule has 0 aromatic rings. The lowest BCUT2D eigenvalue weighted by Crippen LogP contribution is -2.60. The maximum Gasteiger partial charge on any atom is 0.306 e. The van der Waals surface area contributed by atoms with Crippen LogP contribution in [0.15, 0.2) is 0 Å². The number of hydrogen-bond acceptors (Lipinski definition) is 10. The fraction of sp³-hybridized carbons (Fsp3) is 0.969. The Morgan fingerprint density at radius 3 is 1.79 bits per heavy atom. The number of aliphatic hydroxyl groups excluding tert-OH is 5. The second kappa shape index (κ2) is 24.5. The van der Waals surface area contributed by atoms with Gasteiger partial charge in [0.05, 0.1) is 19.3 Å². The molecule has 42 heavy (non-hydrogen) atoms. The zero-order chi connectivity index (χ0) is 31.2. The van der Waals surface area contributed by atoms with E-state index in [1.165, 1.54) is 57.8 Å². The Hall–Kier alpha value is -0.850. The van der Waals surface area contributed by atoms with E-state index in [1.807, 2.05) is 0 Å². The fourth-order valence-corrected chi connectivity index (χ4v) is 5.37. The van der Waals surface area contributed by atoms with Gasteiger partial charge in [-0.1, -0.05) is 110 Å². The summed E-state index contributed by atoms with van der Waals surface area (Å²) in [6.45, 7) is 3.54. The van der Waals surface area contributed by atoms with Crippen LogP contribution in [0.5, 0.6) is 0 Å². The van der Waals surface area contributed by atoms with Crippen LogP contribution in [0.2, 0.25) is 0 Å². The van der Waals surface area contributed by atoms with Crippen molar-refractivity contribution in [3.05, 3.63) is 0 Å². The highest BCUT2D eigenvalue weighted by atomic mass is 16.7. The average molecular weight is 606 g/mol. The molecule has 1 heterocycles. The molecule has 0 aromatic carbocycles. The molecule has 0 bridgehead atoms. The maximum atomic E-state index is 12.6. The second-order valence-electron chi connectivity index (χ2n) is 12.1. The molecule has 8 atom stereocenters. The van der Waals surface area contributed by atoms with Crippen LogP contribution in [0.4, 0.5) is 0 Å². The number of nitrogens with two attached hydrogens (primary N) is 1. The first kappa shape index (κ1) is 39.2. The molecule has 1 aliphatic heterocycles. The van der Waals surface area contributed by atoms with Gasteiger partial charge in [-0.25, -0.2) is 0 Å². The van der Waals surface area contributed by atoms with Crippen LogP contribution < -0.4 is 5.73 Å². The summed E-state index contributed by atoms with van der Waals surface area (Å²) in [5, 5.41) is 50.5. The number of unbranched alkanes of at least 4 members (excludes halogenated alkanes) is 15. The van der Waals surface area contributed by atoms with Crippen LogP contribution >= 0.6 is 0 Å². The van der Waals surface area contributed by atoms with Gasteiger partial charge in [0.1, 0.15) is 36.6 Å². The molecule has 0 saturated carbocycles. The highest BCUT2D eigenvalue weighted by Gasteiger charge is 2.44. The smallest absolute Gasteiger partial charge is 0.306 e. The van der Waals surface area contributed by atoms with Gasteiger partial charge >= 0.3 is 5.97 Å². The van der Waals surface area contributed by atoms with E-state index < -0.39 is 55.6 Å². The first-order valence-electron chi connectivity index (χ1n) is 16.8. The van der Waals surface area contributed by atoms with Gasteiger partial charge in [0.2, 0.25) is 0 Å². The lowest BCUT2D eigenvalue weighted by atomic mass is 9.98. The van der Waals surface area contributed by atoms with E-state index >= 15 is 0 Å². The van der Waals surface area contributed by atoms with Crippen molar-refractivity contribution in [3.8, 4) is 0 Å². The van der Waals surface area contributed by atoms with Crippen LogP contribution in [-0.4, -0.2) is 93.7 Å². The molecule has 10 nitrogen and oxygen atoms in total. The highest BCUT2D eigenvalue weighted by molar-refractivity contribution is 5.69. The lowest BCUT2D eigenvalue weighted by molar-refractivity contribution is -0.302. The van der Waals surface area contributed by atoms with Crippen molar-refractivity contribution in [2.45, 2.75) is 185 Å². The lowest BCUT2D eigenvalue weighted by Gasteiger charge is -2.40. The fourth-order valence-electron chi connectivity index (χ4n) is 5.37. The Balaban J connectivity index is 2.52. The molecule has 2 unspecified atom stereocenters. The Labute approximate surface area is 254 Å². The summed E-state index contributed by atoms with van der Waals surface area (Å²) in [5.41, 5.74) is 6.21. The van der Waals surface area contributed by atoms with Crippen molar-refractivity contribution in [2.24, 2.45) is 5.73 Å². The van der Waals surface area contributed by atoms with Gasteiger partial charge in [0, 0.05) is 6.42 Å². The first-order chi connectivity index (χ1) is 20.3. The molecule has 250 valence electrons. The zero-order valence-corrected chi connectivity index (χ0v) is 26.4. The monoisotopic (exact) mass is 605 g/mol. The summed E-state index contributed by atoms with van der Waals surface area (Å²) >= 11 is 0. The van der Waals surface area contributed by atoms with Gasteiger partial charge < -0.3 is 45.5 Å². The summed E-state index contributed by atoms with van der Waals surface area (Å²) in [4.78, 5) is 12.6. The van der Waals surface area contributed by atoms with Crippen LogP contribution in [0, 0.1) is 0 Å². The minimum absolute atomic E-state index is 0.257. The summed E-state index contributed by atoms with van der Waals surface area (Å²) < 4.78 is 16.6. The third-order valence-electron chi connectivity index (χ3n) is 8.23. The van der Waals surface area contributed by atoms with E-state index in [2.05, 4.69) is 13.8 Å². The molecule has 0 spiro atoms. The van der Waals surface area contributed by atoms with E-state index in [9.17, 15) is 30.3 Å². The molecule has 1 saturated heterocycles. The number of hydrogen-bond donors (Lipinski definition) is 6. The molecule has 0 aromatic heterocycles. The first-order valence-corrected chi connectivity index (χ1v) is 16.8. The van der Waals surface area contributed by atoms with Crippen molar-refractivity contribution < 1.29 is 44.5 Å². The van der Waals surface area contributed by atoms with Gasteiger partial charge in [0.15, 0.2) is 6.29 Å². The number of aliphatic hydroxyl groups is 5. The third kappa shape index (κ3) is 16.3. The molecule has 0 amide bonds. The molecule has 1 fully saturated rings. The standard InChI is InChI=1S/C32H63NO9/c1-3-5-7-9-10-11-12-13-14-15-17-18-20-25(41-27(35)21-19-16-8-6-4-2)28(36)24(33)23-40-32-31(39)30(38)29(37)26(22-34)42-32/h24-26,28-32,34,36-39H,3-23,33H2,1-2H3/t24-,25+,26?,28-,29-,30-,31?,32-/m0/s1. The van der Waals surface area contributed by atoms with Gasteiger partial charge in [-0.3, -0.25) is 4.79 Å². The number of esters is 1. The second-order valence-corrected chi connectivity index (χ2v) is 12.1. The Kier molecular flexibility index (Phi) is 22.8. The van der Waals surface area contributed by atoms with Crippen molar-refractivity contribution in [3.63, 3.8) is 0 Å². The summed E-state index contributed by atoms with van der Waals surface area (Å²) in [6, 6.07) is -0.961. The number of ether oxygens (including phenoxy) is 3. The summed E-state index contributed by atoms with van der Waals surface area (Å²) in [5.74, 6) is -0.350. The molecule has 1 aliphatic rings. The molecular weight excluding hydrogens is 542 g/mol. The molecule has 7 N–H and O–H groups in total. The zero-order valence-electron chi connectivity index (χ0n) is 26.4. The van der Waals surface area contributed by atoms with Crippen molar-refractivity contribution in [1.29, 1.82) is 0 Å². The van der Waals surface area contributed by atoms with Crippen LogP contribution in [0.25, 0.3) is 0 Å². The minimum atomic E-state index is -1.57. The predicted molar refractivity (Wildman–Crippen MR) is 163 cm³/mol. The number of rotatable bonds is 26. The predicted octanol–water partition coefficient (Wildman–Crippen LogP) is 3.85. The molecule has 1 rings (SSSR count). The van der Waals surface area contributed by atoms with E-state index in [0.29, 0.717) is 12.8 Å². The molecular formula is C32H63NO9. The molecule has 0 aliphatic carbocycles. The Morgan fingerprint density at radius 2 is 1.26 bits per heavy atom. The molecule has 0 radical (unpaired) electrons. The van der Waals surface area contributed by atoms with Gasteiger partial charge in [-0.15, -0.1) is 0 Å². The summed E-state index contributed by atoms with van der Waals surface area (Å²) in [6.07, 6.45) is 11.2. The molecule has 10 heteroatoms.